The molecule has 286 valence electrons. The molecule has 7 aromatic rings. The van der Waals surface area contributed by atoms with Gasteiger partial charge >= 0.3 is 0 Å². The first-order valence-electron chi connectivity index (χ1n) is 19.3. The first-order valence-corrected chi connectivity index (χ1v) is 19.3. The van der Waals surface area contributed by atoms with Crippen LogP contribution in [0.4, 0.5) is 0 Å². The third kappa shape index (κ3) is 6.04. The molecule has 4 N–H and O–H groups in total. The lowest BCUT2D eigenvalue weighted by molar-refractivity contribution is -0.0800. The number of aromatic amines is 2. The molecule has 4 aromatic carbocycles. The lowest BCUT2D eigenvalue weighted by Gasteiger charge is -2.31. The molecule has 7 nitrogen and oxygen atoms in total. The van der Waals surface area contributed by atoms with Crippen molar-refractivity contribution in [3.05, 3.63) is 161 Å². The highest BCUT2D eigenvalue weighted by Crippen LogP contribution is 2.51. The lowest BCUT2D eigenvalue weighted by Crippen LogP contribution is -2.44. The van der Waals surface area contributed by atoms with E-state index in [2.05, 4.69) is 78.1 Å². The predicted molar refractivity (Wildman–Crippen MR) is 238 cm³/mol. The summed E-state index contributed by atoms with van der Waals surface area (Å²) in [6.45, 7) is 6.11. The van der Waals surface area contributed by atoms with E-state index in [1.54, 1.807) is 7.11 Å². The maximum Gasteiger partial charge on any atom is 0.215 e. The second kappa shape index (κ2) is 14.2. The first kappa shape index (κ1) is 37.2. The number of methoxy groups -OCH3 is 1. The van der Waals surface area contributed by atoms with Gasteiger partial charge in [-0.3, -0.25) is 0 Å². The van der Waals surface area contributed by atoms with Gasteiger partial charge in [0.15, 0.2) is 0 Å². The van der Waals surface area contributed by atoms with Crippen LogP contribution in [0.5, 0.6) is 5.75 Å². The second-order valence-corrected chi connectivity index (χ2v) is 15.1. The monoisotopic (exact) mass is 768 g/mol. The minimum absolute atomic E-state index is 0.000954. The van der Waals surface area contributed by atoms with Crippen molar-refractivity contribution in [1.82, 2.24) is 19.9 Å². The van der Waals surface area contributed by atoms with Crippen molar-refractivity contribution < 1.29 is 14.9 Å². The predicted octanol–water partition coefficient (Wildman–Crippen LogP) is 10.4. The van der Waals surface area contributed by atoms with Gasteiger partial charge in [0.2, 0.25) is 11.2 Å². The van der Waals surface area contributed by atoms with Crippen molar-refractivity contribution in [3.8, 4) is 74.9 Å². The SMILES string of the molecule is C#CC1(O)c2nc(c(-c3cccc(OC)c3)c3ccc([nH]3)c(-c3cccc(C)c3)c3nc(c(-c4cccc(C)c4)c4ccc([nH]4)c2-c2cccc(C)c2)C=C3)C1(O)C#C. The normalized spacial score (nSPS) is 17.0. The van der Waals surface area contributed by atoms with E-state index in [0.717, 1.165) is 61.4 Å². The van der Waals surface area contributed by atoms with Crippen molar-refractivity contribution in [2.24, 2.45) is 0 Å². The topological polar surface area (TPSA) is 107 Å². The van der Waals surface area contributed by atoms with Crippen LogP contribution in [0.25, 0.3) is 78.7 Å². The van der Waals surface area contributed by atoms with Crippen molar-refractivity contribution >= 4 is 34.2 Å². The largest absolute Gasteiger partial charge is 0.497 e. The molecule has 0 saturated carbocycles. The van der Waals surface area contributed by atoms with E-state index in [1.807, 2.05) is 97.9 Å². The average molecular weight is 769 g/mol. The van der Waals surface area contributed by atoms with Crippen LogP contribution in [0.3, 0.4) is 0 Å². The van der Waals surface area contributed by atoms with Crippen LogP contribution in [-0.4, -0.2) is 37.3 Å². The van der Waals surface area contributed by atoms with E-state index in [9.17, 15) is 10.2 Å². The Balaban J connectivity index is 1.57. The second-order valence-electron chi connectivity index (χ2n) is 15.1. The van der Waals surface area contributed by atoms with Gasteiger partial charge in [-0.05, 0) is 91.6 Å². The number of nitrogens with one attached hydrogen (secondary N) is 2. The van der Waals surface area contributed by atoms with E-state index in [4.69, 9.17) is 27.6 Å². The van der Waals surface area contributed by atoms with Crippen molar-refractivity contribution in [3.63, 3.8) is 0 Å². The number of aromatic nitrogens is 4. The summed E-state index contributed by atoms with van der Waals surface area (Å²) < 4.78 is 5.67. The molecule has 9 rings (SSSR count). The number of aryl methyl sites for hydroxylation is 3. The van der Waals surface area contributed by atoms with Gasteiger partial charge in [-0.1, -0.05) is 113 Å². The Labute approximate surface area is 342 Å². The maximum atomic E-state index is 12.9. The molecule has 0 aliphatic carbocycles. The van der Waals surface area contributed by atoms with Crippen LogP contribution >= 0.6 is 0 Å². The van der Waals surface area contributed by atoms with Crippen LogP contribution in [0.1, 0.15) is 39.5 Å². The standard InChI is InChI=1S/C52H40N4O3/c1-7-51(57)49-47(36-18-11-15-33(5)29-36)43-25-23-41(54-43)45(34-16-9-13-31(3)27-34)39-21-22-40(53-39)46(35-17-10-14-32(4)28-35)42-24-26-44(55-42)48(50(56-49)52(51,58)8-2)37-19-12-20-38(30-37)59-6/h1-2,9-30,54-55,57-58H,3-6H3. The fourth-order valence-electron chi connectivity index (χ4n) is 8.35. The zero-order valence-electron chi connectivity index (χ0n) is 33.1. The number of rotatable bonds is 5. The summed E-state index contributed by atoms with van der Waals surface area (Å²) in [5.74, 6) is 5.60. The summed E-state index contributed by atoms with van der Waals surface area (Å²) in [6, 6.07) is 39.7. The molecule has 7 heteroatoms. The van der Waals surface area contributed by atoms with Gasteiger partial charge in [-0.15, -0.1) is 12.8 Å². The number of nitrogens with zero attached hydrogens (tertiary/aromatic N) is 2. The van der Waals surface area contributed by atoms with E-state index in [1.165, 1.54) is 0 Å². The molecular weight excluding hydrogens is 729 g/mol. The van der Waals surface area contributed by atoms with Crippen LogP contribution in [0.2, 0.25) is 0 Å². The molecule has 59 heavy (non-hydrogen) atoms. The fraction of sp³-hybridized carbons (Fsp3) is 0.115. The molecule has 0 amide bonds. The van der Waals surface area contributed by atoms with E-state index in [-0.39, 0.29) is 11.4 Å². The summed E-state index contributed by atoms with van der Waals surface area (Å²) in [5, 5.41) is 25.8. The molecule has 5 heterocycles. The maximum absolute atomic E-state index is 12.9. The third-order valence-electron chi connectivity index (χ3n) is 11.2. The molecule has 2 unspecified atom stereocenters. The Morgan fingerprint density at radius 1 is 0.508 bits per heavy atom. The van der Waals surface area contributed by atoms with Crippen molar-refractivity contribution in [2.75, 3.05) is 7.11 Å². The van der Waals surface area contributed by atoms with Crippen LogP contribution in [0.15, 0.2) is 121 Å². The van der Waals surface area contributed by atoms with Gasteiger partial charge < -0.3 is 24.9 Å². The van der Waals surface area contributed by atoms with E-state index in [0.29, 0.717) is 39.0 Å². The first-order chi connectivity index (χ1) is 28.5. The molecule has 2 atom stereocenters. The van der Waals surface area contributed by atoms with Crippen molar-refractivity contribution in [1.29, 1.82) is 0 Å². The number of hydrogen-bond acceptors (Lipinski definition) is 5. The van der Waals surface area contributed by atoms with Gasteiger partial charge in [0.1, 0.15) is 5.75 Å². The highest BCUT2D eigenvalue weighted by molar-refractivity contribution is 5.98. The molecule has 0 spiro atoms. The summed E-state index contributed by atoms with van der Waals surface area (Å²) in [4.78, 5) is 17.9. The Morgan fingerprint density at radius 2 is 0.881 bits per heavy atom. The van der Waals surface area contributed by atoms with Crippen LogP contribution in [-0.2, 0) is 11.2 Å². The Morgan fingerprint density at radius 3 is 1.27 bits per heavy atom. The third-order valence-corrected chi connectivity index (χ3v) is 11.2. The minimum atomic E-state index is -2.50. The minimum Gasteiger partial charge on any atom is -0.497 e. The number of aliphatic hydroxyl groups is 2. The average Bonchev–Trinajstić information content (AvgIpc) is 4.06. The molecule has 2 aliphatic heterocycles. The van der Waals surface area contributed by atoms with Gasteiger partial charge in [0.25, 0.3) is 0 Å². The Bertz CT molecular complexity index is 3160. The fourth-order valence-corrected chi connectivity index (χ4v) is 8.35. The number of benzene rings is 4. The molecule has 0 radical (unpaired) electrons. The lowest BCUT2D eigenvalue weighted by atomic mass is 9.78. The van der Waals surface area contributed by atoms with Crippen molar-refractivity contribution in [2.45, 2.75) is 32.0 Å². The number of ether oxygens (including phenoxy) is 1. The quantitative estimate of drug-likeness (QED) is 0.130. The summed E-state index contributed by atoms with van der Waals surface area (Å²) in [6.07, 6.45) is 16.7. The zero-order chi connectivity index (χ0) is 41.1. The van der Waals surface area contributed by atoms with E-state index < -0.39 is 11.2 Å². The number of fused-ring (bicyclic) bond motifs is 8. The number of terminal acetylenes is 2. The molecule has 2 aliphatic rings. The highest BCUT2D eigenvalue weighted by atomic mass is 16.5. The summed E-state index contributed by atoms with van der Waals surface area (Å²) in [5.41, 5.74) is 8.30. The van der Waals surface area contributed by atoms with E-state index >= 15 is 0 Å². The van der Waals surface area contributed by atoms with Gasteiger partial charge in [-0.25, -0.2) is 9.97 Å². The summed E-state index contributed by atoms with van der Waals surface area (Å²) >= 11 is 0. The Hall–Kier alpha value is -7.42. The molecule has 0 saturated heterocycles. The zero-order valence-corrected chi connectivity index (χ0v) is 33.1. The molecular formula is C52H40N4O3. The molecule has 0 fully saturated rings. The van der Waals surface area contributed by atoms with Gasteiger partial charge in [-0.2, -0.15) is 0 Å². The molecule has 8 bridgehead atoms. The molecule has 3 aromatic heterocycles. The summed E-state index contributed by atoms with van der Waals surface area (Å²) in [7, 11) is 1.59. The Kier molecular flexibility index (Phi) is 8.95. The van der Waals surface area contributed by atoms with Gasteiger partial charge in [0.05, 0.1) is 29.9 Å². The number of hydrogen-bond donors (Lipinski definition) is 4. The smallest absolute Gasteiger partial charge is 0.215 e. The highest BCUT2D eigenvalue weighted by Gasteiger charge is 2.58. The van der Waals surface area contributed by atoms with Crippen LogP contribution < -0.4 is 4.74 Å². The number of H-pyrrole nitrogens is 2. The van der Waals surface area contributed by atoms with Gasteiger partial charge in [0, 0.05) is 44.3 Å². The van der Waals surface area contributed by atoms with Crippen LogP contribution in [0, 0.1) is 45.5 Å².